The third-order valence-corrected chi connectivity index (χ3v) is 5.04. The van der Waals surface area contributed by atoms with Crippen LogP contribution in [0.5, 0.6) is 0 Å². The van der Waals surface area contributed by atoms with Crippen molar-refractivity contribution in [3.63, 3.8) is 0 Å². The number of fused-ring (bicyclic) bond motifs is 1. The van der Waals surface area contributed by atoms with Gasteiger partial charge in [-0.15, -0.1) is 0 Å². The Kier molecular flexibility index (Phi) is 5.62. The first-order valence-electron chi connectivity index (χ1n) is 8.90. The Bertz CT molecular complexity index is 802. The van der Waals surface area contributed by atoms with Gasteiger partial charge in [-0.3, -0.25) is 9.59 Å². The van der Waals surface area contributed by atoms with Crippen molar-refractivity contribution in [3.8, 4) is 0 Å². The van der Waals surface area contributed by atoms with Crippen LogP contribution >= 0.6 is 11.6 Å². The summed E-state index contributed by atoms with van der Waals surface area (Å²) in [6, 6.07) is 14.2. The van der Waals surface area contributed by atoms with Crippen molar-refractivity contribution in [1.29, 1.82) is 0 Å². The van der Waals surface area contributed by atoms with E-state index in [-0.39, 0.29) is 23.8 Å². The Morgan fingerprint density at radius 2 is 1.77 bits per heavy atom. The molecule has 2 aromatic carbocycles. The Balaban J connectivity index is 1.69. The number of carbonyl (C=O) groups excluding carboxylic acids is 2. The molecule has 0 spiro atoms. The van der Waals surface area contributed by atoms with Crippen LogP contribution < -0.4 is 10.6 Å². The van der Waals surface area contributed by atoms with Gasteiger partial charge in [-0.2, -0.15) is 0 Å². The van der Waals surface area contributed by atoms with E-state index in [2.05, 4.69) is 22.8 Å². The minimum atomic E-state index is -0.592. The summed E-state index contributed by atoms with van der Waals surface area (Å²) in [6.07, 6.45) is 1.85. The summed E-state index contributed by atoms with van der Waals surface area (Å²) in [5.74, 6) is -0.450. The SMILES string of the molecule is CC(C)[C@@H](NC(=O)c1ccc(Cl)cc1)C(=O)N[C@H]1CCc2ccccc21. The third-order valence-electron chi connectivity index (χ3n) is 4.79. The maximum atomic E-state index is 12.8. The van der Waals surface area contributed by atoms with Crippen LogP contribution in [0.25, 0.3) is 0 Å². The lowest BCUT2D eigenvalue weighted by Crippen LogP contribution is -2.50. The predicted molar refractivity (Wildman–Crippen MR) is 103 cm³/mol. The molecule has 2 amide bonds. The molecule has 1 aliphatic carbocycles. The first kappa shape index (κ1) is 18.5. The van der Waals surface area contributed by atoms with Gasteiger partial charge in [0.25, 0.3) is 5.91 Å². The number of hydrogen-bond donors (Lipinski definition) is 2. The van der Waals surface area contributed by atoms with E-state index in [0.29, 0.717) is 10.6 Å². The quantitative estimate of drug-likeness (QED) is 0.838. The molecule has 136 valence electrons. The fourth-order valence-corrected chi connectivity index (χ4v) is 3.46. The highest BCUT2D eigenvalue weighted by atomic mass is 35.5. The summed E-state index contributed by atoms with van der Waals surface area (Å²) in [4.78, 5) is 25.3. The number of halogens is 1. The number of benzene rings is 2. The molecule has 0 bridgehead atoms. The number of rotatable bonds is 5. The standard InChI is InChI=1S/C21H23ClN2O2/c1-13(2)19(24-20(25)15-7-10-16(22)11-8-15)21(26)23-18-12-9-14-5-3-4-6-17(14)18/h3-8,10-11,13,18-19H,9,12H2,1-2H3,(H,23,26)(H,24,25)/t18-,19+/m0/s1. The zero-order valence-electron chi connectivity index (χ0n) is 15.0. The topological polar surface area (TPSA) is 58.2 Å². The fraction of sp³-hybridized carbons (Fsp3) is 0.333. The predicted octanol–water partition coefficient (Wildman–Crippen LogP) is 3.90. The average molecular weight is 371 g/mol. The molecule has 2 N–H and O–H groups in total. The van der Waals surface area contributed by atoms with Crippen LogP contribution in [0.1, 0.15) is 47.8 Å². The Labute approximate surface area is 158 Å². The molecule has 1 aliphatic rings. The Hall–Kier alpha value is -2.33. The lowest BCUT2D eigenvalue weighted by atomic mass is 10.0. The molecule has 0 radical (unpaired) electrons. The second-order valence-electron chi connectivity index (χ2n) is 7.00. The molecule has 0 saturated heterocycles. The minimum absolute atomic E-state index is 0.00684. The highest BCUT2D eigenvalue weighted by Crippen LogP contribution is 2.30. The van der Waals surface area contributed by atoms with E-state index in [4.69, 9.17) is 11.6 Å². The average Bonchev–Trinajstić information content (AvgIpc) is 3.02. The van der Waals surface area contributed by atoms with Crippen molar-refractivity contribution in [2.75, 3.05) is 0 Å². The fourth-order valence-electron chi connectivity index (χ4n) is 3.33. The summed E-state index contributed by atoms with van der Waals surface area (Å²) >= 11 is 5.86. The van der Waals surface area contributed by atoms with Gasteiger partial charge in [0.15, 0.2) is 0 Å². The van der Waals surface area contributed by atoms with Gasteiger partial charge in [0.2, 0.25) is 5.91 Å². The first-order chi connectivity index (χ1) is 12.5. The molecular weight excluding hydrogens is 348 g/mol. The molecular formula is C21H23ClN2O2. The lowest BCUT2D eigenvalue weighted by Gasteiger charge is -2.24. The monoisotopic (exact) mass is 370 g/mol. The third kappa shape index (κ3) is 4.07. The smallest absolute Gasteiger partial charge is 0.251 e. The van der Waals surface area contributed by atoms with Gasteiger partial charge < -0.3 is 10.6 Å². The van der Waals surface area contributed by atoms with Crippen molar-refractivity contribution in [2.45, 2.75) is 38.8 Å². The number of aryl methyl sites for hydroxylation is 1. The molecule has 0 unspecified atom stereocenters. The molecule has 3 rings (SSSR count). The van der Waals surface area contributed by atoms with E-state index in [1.807, 2.05) is 26.0 Å². The molecule has 0 fully saturated rings. The maximum absolute atomic E-state index is 12.8. The van der Waals surface area contributed by atoms with Gasteiger partial charge in [-0.05, 0) is 54.2 Å². The van der Waals surface area contributed by atoms with Crippen LogP contribution in [0.3, 0.4) is 0 Å². The number of nitrogens with one attached hydrogen (secondary N) is 2. The van der Waals surface area contributed by atoms with Crippen molar-refractivity contribution in [1.82, 2.24) is 10.6 Å². The lowest BCUT2D eigenvalue weighted by molar-refractivity contribution is -0.124. The Morgan fingerprint density at radius 3 is 2.46 bits per heavy atom. The summed E-state index contributed by atoms with van der Waals surface area (Å²) in [5, 5.41) is 6.53. The minimum Gasteiger partial charge on any atom is -0.347 e. The van der Waals surface area contributed by atoms with Gasteiger partial charge in [0, 0.05) is 10.6 Å². The van der Waals surface area contributed by atoms with Gasteiger partial charge in [-0.1, -0.05) is 49.7 Å². The number of amides is 2. The van der Waals surface area contributed by atoms with E-state index in [0.717, 1.165) is 12.8 Å². The highest BCUT2D eigenvalue weighted by molar-refractivity contribution is 6.30. The van der Waals surface area contributed by atoms with Crippen molar-refractivity contribution >= 4 is 23.4 Å². The molecule has 0 aliphatic heterocycles. The van der Waals surface area contributed by atoms with Crippen molar-refractivity contribution < 1.29 is 9.59 Å². The van der Waals surface area contributed by atoms with Crippen LogP contribution in [-0.4, -0.2) is 17.9 Å². The molecule has 26 heavy (non-hydrogen) atoms. The molecule has 2 atom stereocenters. The van der Waals surface area contributed by atoms with Crippen LogP contribution in [0, 0.1) is 5.92 Å². The van der Waals surface area contributed by atoms with E-state index in [1.54, 1.807) is 24.3 Å². The van der Waals surface area contributed by atoms with E-state index < -0.39 is 6.04 Å². The van der Waals surface area contributed by atoms with E-state index in [9.17, 15) is 9.59 Å². The normalized spacial score (nSPS) is 16.8. The molecule has 5 heteroatoms. The summed E-state index contributed by atoms with van der Waals surface area (Å²) in [5.41, 5.74) is 2.94. The largest absolute Gasteiger partial charge is 0.347 e. The van der Waals surface area contributed by atoms with Crippen LogP contribution in [0.15, 0.2) is 48.5 Å². The van der Waals surface area contributed by atoms with E-state index in [1.165, 1.54) is 11.1 Å². The first-order valence-corrected chi connectivity index (χ1v) is 9.28. The van der Waals surface area contributed by atoms with Crippen LogP contribution in [0.2, 0.25) is 5.02 Å². The Morgan fingerprint density at radius 1 is 1.08 bits per heavy atom. The second kappa shape index (κ2) is 7.92. The zero-order chi connectivity index (χ0) is 18.7. The molecule has 4 nitrogen and oxygen atoms in total. The molecule has 0 aromatic heterocycles. The maximum Gasteiger partial charge on any atom is 0.251 e. The number of hydrogen-bond acceptors (Lipinski definition) is 2. The molecule has 0 saturated carbocycles. The van der Waals surface area contributed by atoms with E-state index >= 15 is 0 Å². The second-order valence-corrected chi connectivity index (χ2v) is 7.44. The van der Waals surface area contributed by atoms with Crippen LogP contribution in [-0.2, 0) is 11.2 Å². The zero-order valence-corrected chi connectivity index (χ0v) is 15.7. The van der Waals surface area contributed by atoms with Gasteiger partial charge in [0.1, 0.15) is 6.04 Å². The summed E-state index contributed by atoms with van der Waals surface area (Å²) in [7, 11) is 0. The van der Waals surface area contributed by atoms with Crippen LogP contribution in [0.4, 0.5) is 0 Å². The number of carbonyl (C=O) groups is 2. The van der Waals surface area contributed by atoms with Crippen molar-refractivity contribution in [2.24, 2.45) is 5.92 Å². The highest BCUT2D eigenvalue weighted by Gasteiger charge is 2.29. The molecule has 2 aromatic rings. The van der Waals surface area contributed by atoms with Gasteiger partial charge in [-0.25, -0.2) is 0 Å². The van der Waals surface area contributed by atoms with Gasteiger partial charge in [0.05, 0.1) is 6.04 Å². The van der Waals surface area contributed by atoms with Crippen molar-refractivity contribution in [3.05, 3.63) is 70.2 Å². The van der Waals surface area contributed by atoms with Gasteiger partial charge >= 0.3 is 0 Å². The summed E-state index contributed by atoms with van der Waals surface area (Å²) < 4.78 is 0. The molecule has 0 heterocycles. The summed E-state index contributed by atoms with van der Waals surface area (Å²) in [6.45, 7) is 3.85.